The van der Waals surface area contributed by atoms with Gasteiger partial charge < -0.3 is 37.3 Å². The highest BCUT2D eigenvalue weighted by Crippen LogP contribution is 2.08. The monoisotopic (exact) mass is 540 g/mol. The van der Waals surface area contributed by atoms with Gasteiger partial charge >= 0.3 is 12.1 Å². The summed E-state index contributed by atoms with van der Waals surface area (Å²) in [6, 6.07) is 12.8. The van der Waals surface area contributed by atoms with E-state index in [-0.39, 0.29) is 32.0 Å². The number of amidine groups is 1. The number of rotatable bonds is 13. The van der Waals surface area contributed by atoms with Gasteiger partial charge in [-0.2, -0.15) is 0 Å². The number of amides is 3. The van der Waals surface area contributed by atoms with Crippen molar-refractivity contribution in [3.05, 3.63) is 77.9 Å². The summed E-state index contributed by atoms with van der Waals surface area (Å²) in [6.45, 7) is 5.28. The van der Waals surface area contributed by atoms with E-state index in [0.29, 0.717) is 17.7 Å². The van der Waals surface area contributed by atoms with Gasteiger partial charge in [0, 0.05) is 30.6 Å². The molecule has 0 fully saturated rings. The second kappa shape index (κ2) is 17.6. The summed E-state index contributed by atoms with van der Waals surface area (Å²) >= 11 is 0. The maximum Gasteiger partial charge on any atom is 0.408 e. The smallest absolute Gasteiger partial charge is 0.408 e. The maximum atomic E-state index is 12.7. The summed E-state index contributed by atoms with van der Waals surface area (Å²) < 4.78 is 4.90. The number of alkyl carbamates (subject to hydrolysis) is 1. The van der Waals surface area contributed by atoms with Crippen LogP contribution in [0.2, 0.25) is 0 Å². The van der Waals surface area contributed by atoms with Gasteiger partial charge in [0.1, 0.15) is 18.5 Å². The molecule has 0 saturated carbocycles. The zero-order valence-corrected chi connectivity index (χ0v) is 21.9. The summed E-state index contributed by atoms with van der Waals surface area (Å²) in [5, 5.41) is 23.1. The van der Waals surface area contributed by atoms with Crippen LogP contribution in [0, 0.1) is 5.41 Å². The second-order valence-corrected chi connectivity index (χ2v) is 8.28. The van der Waals surface area contributed by atoms with Crippen molar-refractivity contribution >= 4 is 35.4 Å². The molecule has 0 heterocycles. The number of nitrogen functional groups attached to an aromatic ring is 2. The Bertz CT molecular complexity index is 1140. The van der Waals surface area contributed by atoms with Crippen molar-refractivity contribution in [2.24, 2.45) is 5.73 Å². The van der Waals surface area contributed by atoms with E-state index in [1.54, 1.807) is 42.5 Å². The minimum Gasteiger partial charge on any atom is -0.481 e. The number of hydrogen-bond acceptors (Lipinski definition) is 7. The van der Waals surface area contributed by atoms with E-state index >= 15 is 0 Å². The predicted octanol–water partition coefficient (Wildman–Crippen LogP) is 1.68. The van der Waals surface area contributed by atoms with E-state index in [1.807, 2.05) is 13.0 Å². The number of nitrogens with two attached hydrogens (primary N) is 2. The second-order valence-electron chi connectivity index (χ2n) is 8.28. The van der Waals surface area contributed by atoms with Crippen LogP contribution in [0.4, 0.5) is 10.5 Å². The van der Waals surface area contributed by atoms with Gasteiger partial charge in [0.05, 0.1) is 6.54 Å². The Kier molecular flexibility index (Phi) is 14.5. The molecule has 0 spiro atoms. The number of carboxylic acid groups (broad SMARTS) is 1. The molecule has 2 aromatic rings. The van der Waals surface area contributed by atoms with Crippen molar-refractivity contribution in [3.63, 3.8) is 0 Å². The van der Waals surface area contributed by atoms with Crippen LogP contribution in [0.15, 0.2) is 61.2 Å². The minimum absolute atomic E-state index is 0.0140. The highest BCUT2D eigenvalue weighted by molar-refractivity contribution is 5.95. The normalized spacial score (nSPS) is 10.6. The Labute approximate surface area is 227 Å². The average Bonchev–Trinajstić information content (AvgIpc) is 2.89. The molecule has 1 unspecified atom stereocenters. The molecule has 0 aliphatic carbocycles. The fraction of sp³-hybridized carbons (Fsp3) is 0.296. The van der Waals surface area contributed by atoms with E-state index in [1.165, 1.54) is 6.08 Å². The van der Waals surface area contributed by atoms with Gasteiger partial charge in [-0.3, -0.25) is 19.8 Å². The number of benzene rings is 2. The Balaban J connectivity index is 0.00000113. The quantitative estimate of drug-likeness (QED) is 0.0858. The van der Waals surface area contributed by atoms with Crippen LogP contribution in [-0.2, 0) is 32.1 Å². The number of carbonyl (C=O) groups is 4. The van der Waals surface area contributed by atoms with Crippen LogP contribution >= 0.6 is 0 Å². The van der Waals surface area contributed by atoms with Crippen LogP contribution in [-0.4, -0.2) is 54.0 Å². The molecule has 2 rings (SSSR count). The first-order valence-corrected chi connectivity index (χ1v) is 12.1. The first kappa shape index (κ1) is 32.2. The lowest BCUT2D eigenvalue weighted by molar-refractivity contribution is -0.137. The lowest BCUT2D eigenvalue weighted by Crippen LogP contribution is -2.50. The van der Waals surface area contributed by atoms with Gasteiger partial charge in [-0.25, -0.2) is 4.79 Å². The highest BCUT2D eigenvalue weighted by atomic mass is 16.5. The molecule has 0 aliphatic rings. The number of hydrogen-bond donors (Lipinski definition) is 7. The summed E-state index contributed by atoms with van der Waals surface area (Å²) in [4.78, 5) is 46.4. The fourth-order valence-electron chi connectivity index (χ4n) is 3.05. The molecular formula is C27H36N6O6. The molecule has 0 saturated heterocycles. The minimum atomic E-state index is -0.993. The molecule has 12 heteroatoms. The Hall–Kier alpha value is -4.87. The highest BCUT2D eigenvalue weighted by Gasteiger charge is 2.22. The molecule has 0 bridgehead atoms. The molecule has 39 heavy (non-hydrogen) atoms. The van der Waals surface area contributed by atoms with Crippen molar-refractivity contribution in [1.29, 1.82) is 5.41 Å². The van der Waals surface area contributed by atoms with Crippen molar-refractivity contribution in [3.8, 4) is 0 Å². The van der Waals surface area contributed by atoms with Crippen molar-refractivity contribution < 1.29 is 29.0 Å². The van der Waals surface area contributed by atoms with Gasteiger partial charge in [-0.1, -0.05) is 56.0 Å². The molecule has 0 aromatic heterocycles. The lowest BCUT2D eigenvalue weighted by Gasteiger charge is -2.18. The topological polar surface area (TPSA) is 210 Å². The van der Waals surface area contributed by atoms with E-state index in [2.05, 4.69) is 22.5 Å². The summed E-state index contributed by atoms with van der Waals surface area (Å²) in [6.07, 6.45) is 1.77. The van der Waals surface area contributed by atoms with Gasteiger partial charge in [-0.15, -0.1) is 0 Å². The SMILES string of the molecule is C=CCOC(=O)NC(Cc1ccc(C(=N)N)cc1)C(=O)NCC(=O)NCc1cccc(N)c1.CCCC(=O)O. The van der Waals surface area contributed by atoms with Crippen molar-refractivity contribution in [2.75, 3.05) is 18.9 Å². The van der Waals surface area contributed by atoms with Gasteiger partial charge in [0.25, 0.3) is 0 Å². The molecule has 1 atom stereocenters. The molecule has 0 radical (unpaired) electrons. The van der Waals surface area contributed by atoms with Crippen LogP contribution in [0.1, 0.15) is 36.5 Å². The molecular weight excluding hydrogens is 504 g/mol. The zero-order valence-electron chi connectivity index (χ0n) is 21.9. The Morgan fingerprint density at radius 2 is 1.79 bits per heavy atom. The lowest BCUT2D eigenvalue weighted by atomic mass is 10.0. The summed E-state index contributed by atoms with van der Waals surface area (Å²) in [5.41, 5.74) is 13.8. The van der Waals surface area contributed by atoms with E-state index in [4.69, 9.17) is 26.7 Å². The van der Waals surface area contributed by atoms with Crippen LogP contribution in [0.25, 0.3) is 0 Å². The molecule has 210 valence electrons. The first-order chi connectivity index (χ1) is 18.5. The molecule has 12 nitrogen and oxygen atoms in total. The third-order valence-electron chi connectivity index (χ3n) is 4.97. The number of anilines is 1. The number of nitrogens with one attached hydrogen (secondary N) is 4. The third kappa shape index (κ3) is 13.9. The number of aliphatic carboxylic acids is 1. The molecule has 9 N–H and O–H groups in total. The van der Waals surface area contributed by atoms with Gasteiger partial charge in [0.15, 0.2) is 0 Å². The molecule has 0 aliphatic heterocycles. The van der Waals surface area contributed by atoms with Crippen molar-refractivity contribution in [1.82, 2.24) is 16.0 Å². The largest absolute Gasteiger partial charge is 0.481 e. The number of carbonyl (C=O) groups excluding carboxylic acids is 3. The van der Waals surface area contributed by atoms with Gasteiger partial charge in [-0.05, 0) is 29.7 Å². The van der Waals surface area contributed by atoms with Crippen LogP contribution in [0.5, 0.6) is 0 Å². The van der Waals surface area contributed by atoms with Crippen LogP contribution < -0.4 is 27.4 Å². The summed E-state index contributed by atoms with van der Waals surface area (Å²) in [7, 11) is 0. The van der Waals surface area contributed by atoms with Gasteiger partial charge in [0.2, 0.25) is 11.8 Å². The Morgan fingerprint density at radius 3 is 2.33 bits per heavy atom. The average molecular weight is 541 g/mol. The third-order valence-corrected chi connectivity index (χ3v) is 4.97. The molecule has 3 amide bonds. The molecule has 2 aromatic carbocycles. The number of carboxylic acids is 1. The van der Waals surface area contributed by atoms with E-state index in [0.717, 1.165) is 17.5 Å². The predicted molar refractivity (Wildman–Crippen MR) is 148 cm³/mol. The standard InChI is InChI=1S/C23H28N6O4.C4H8O2/c1-2-10-33-23(32)29-19(12-15-6-8-17(9-7-15)21(25)26)22(31)28-14-20(30)27-13-16-4-3-5-18(24)11-16;1-2-3-4(5)6/h2-9,11,19H,1,10,12-14,24H2,(H3,25,26)(H,27,30)(H,28,31)(H,29,32);2-3H2,1H3,(H,5,6). The zero-order chi connectivity index (χ0) is 29.2. The number of ether oxygens (including phenoxy) is 1. The summed E-state index contributed by atoms with van der Waals surface area (Å²) in [5.74, 6) is -1.74. The van der Waals surface area contributed by atoms with Crippen molar-refractivity contribution in [2.45, 2.75) is 38.8 Å². The first-order valence-electron chi connectivity index (χ1n) is 12.1. The van der Waals surface area contributed by atoms with E-state index < -0.39 is 29.9 Å². The maximum absolute atomic E-state index is 12.7. The fourth-order valence-corrected chi connectivity index (χ4v) is 3.05. The van der Waals surface area contributed by atoms with E-state index in [9.17, 15) is 19.2 Å². The Morgan fingerprint density at radius 1 is 1.10 bits per heavy atom. The van der Waals surface area contributed by atoms with Crippen LogP contribution in [0.3, 0.4) is 0 Å².